The van der Waals surface area contributed by atoms with Crippen molar-refractivity contribution in [1.29, 1.82) is 0 Å². The Morgan fingerprint density at radius 2 is 1.21 bits per heavy atom. The van der Waals surface area contributed by atoms with Gasteiger partial charge in [0, 0.05) is 27.3 Å². The molecule has 1 aliphatic heterocycles. The van der Waals surface area contributed by atoms with Crippen LogP contribution in [0.25, 0.3) is 49.8 Å². The maximum Gasteiger partial charge on any atom is 0.178 e. The molecule has 1 spiro atoms. The highest BCUT2D eigenvalue weighted by atomic mass is 16.5. The molecule has 0 atom stereocenters. The predicted molar refractivity (Wildman–Crippen MR) is 197 cm³/mol. The largest absolute Gasteiger partial charge is 0.453 e. The van der Waals surface area contributed by atoms with Crippen LogP contribution >= 0.6 is 0 Å². The predicted octanol–water partition coefficient (Wildman–Crippen LogP) is 12.4. The highest BCUT2D eigenvalue weighted by molar-refractivity contribution is 6.07. The Balaban J connectivity index is 1.16. The lowest BCUT2D eigenvalue weighted by atomic mass is 9.70. The molecule has 230 valence electrons. The second-order valence-corrected chi connectivity index (χ2v) is 13.9. The van der Waals surface area contributed by atoms with Gasteiger partial charge in [0.15, 0.2) is 11.3 Å². The number of rotatable bonds is 1. The van der Waals surface area contributed by atoms with Crippen molar-refractivity contribution < 1.29 is 9.15 Å². The van der Waals surface area contributed by atoms with Gasteiger partial charge in [-0.05, 0) is 99.8 Å². The summed E-state index contributed by atoms with van der Waals surface area (Å²) in [5, 5.41) is 2.20. The lowest BCUT2D eigenvalue weighted by Crippen LogP contribution is -2.26. The fourth-order valence-electron chi connectivity index (χ4n) is 9.16. The van der Waals surface area contributed by atoms with E-state index in [2.05, 4.69) is 149 Å². The SMILES string of the molecule is CC=C1/C(=C\C)C2(c3cc(-c4ccc5c(c4)C(C)(C)c4ccc6c(oc7ccccc76)c4O5)ccc31)c1ccccc1-c1ccccc12. The van der Waals surface area contributed by atoms with E-state index in [-0.39, 0.29) is 10.8 Å². The maximum atomic E-state index is 6.72. The Hall–Kier alpha value is -5.60. The molecular formula is C46H34O2. The number of furan rings is 1. The van der Waals surface area contributed by atoms with E-state index in [0.29, 0.717) is 0 Å². The summed E-state index contributed by atoms with van der Waals surface area (Å²) in [4.78, 5) is 0. The molecule has 2 aliphatic carbocycles. The van der Waals surface area contributed by atoms with E-state index in [1.807, 2.05) is 12.1 Å². The molecule has 0 fully saturated rings. The summed E-state index contributed by atoms with van der Waals surface area (Å²) in [7, 11) is 0. The van der Waals surface area contributed by atoms with Gasteiger partial charge in [0.05, 0.1) is 5.41 Å². The van der Waals surface area contributed by atoms with Crippen molar-refractivity contribution >= 4 is 27.5 Å². The Kier molecular flexibility index (Phi) is 5.44. The molecule has 7 aromatic rings. The number of hydrogen-bond acceptors (Lipinski definition) is 2. The summed E-state index contributed by atoms with van der Waals surface area (Å²) in [6, 6.07) is 44.4. The van der Waals surface area contributed by atoms with Crippen molar-refractivity contribution in [2.75, 3.05) is 0 Å². The molecule has 6 aromatic carbocycles. The fourth-order valence-corrected chi connectivity index (χ4v) is 9.16. The molecule has 2 heterocycles. The summed E-state index contributed by atoms with van der Waals surface area (Å²) >= 11 is 0. The number of allylic oxidation sites excluding steroid dienone is 4. The van der Waals surface area contributed by atoms with Crippen LogP contribution in [0.3, 0.4) is 0 Å². The van der Waals surface area contributed by atoms with E-state index < -0.39 is 0 Å². The molecule has 0 unspecified atom stereocenters. The summed E-state index contributed by atoms with van der Waals surface area (Å²) in [6.07, 6.45) is 4.63. The molecule has 0 bridgehead atoms. The van der Waals surface area contributed by atoms with Gasteiger partial charge in [-0.1, -0.05) is 117 Å². The van der Waals surface area contributed by atoms with Gasteiger partial charge < -0.3 is 9.15 Å². The number of benzene rings is 6. The first kappa shape index (κ1) is 27.5. The summed E-state index contributed by atoms with van der Waals surface area (Å²) in [5.74, 6) is 1.71. The third-order valence-corrected chi connectivity index (χ3v) is 11.3. The van der Waals surface area contributed by atoms with Crippen molar-refractivity contribution in [3.63, 3.8) is 0 Å². The highest BCUT2D eigenvalue weighted by Crippen LogP contribution is 2.64. The van der Waals surface area contributed by atoms with Gasteiger partial charge in [-0.2, -0.15) is 0 Å². The van der Waals surface area contributed by atoms with E-state index >= 15 is 0 Å². The van der Waals surface area contributed by atoms with Crippen molar-refractivity contribution in [3.05, 3.63) is 172 Å². The molecular weight excluding hydrogens is 585 g/mol. The van der Waals surface area contributed by atoms with Gasteiger partial charge in [0.25, 0.3) is 0 Å². The summed E-state index contributed by atoms with van der Waals surface area (Å²) in [5.41, 5.74) is 16.5. The Labute approximate surface area is 280 Å². The summed E-state index contributed by atoms with van der Waals surface area (Å²) < 4.78 is 13.1. The number of fused-ring (bicyclic) bond motifs is 13. The Morgan fingerprint density at radius 3 is 1.94 bits per heavy atom. The third-order valence-electron chi connectivity index (χ3n) is 11.3. The van der Waals surface area contributed by atoms with Gasteiger partial charge in [-0.15, -0.1) is 0 Å². The first-order valence-corrected chi connectivity index (χ1v) is 16.9. The lowest BCUT2D eigenvalue weighted by molar-refractivity contribution is 0.415. The van der Waals surface area contributed by atoms with E-state index in [0.717, 1.165) is 39.0 Å². The fraction of sp³-hybridized carbons (Fsp3) is 0.130. The smallest absolute Gasteiger partial charge is 0.178 e. The van der Waals surface area contributed by atoms with E-state index in [4.69, 9.17) is 9.15 Å². The zero-order valence-electron chi connectivity index (χ0n) is 27.5. The van der Waals surface area contributed by atoms with Crippen LogP contribution in [0.2, 0.25) is 0 Å². The number of hydrogen-bond donors (Lipinski definition) is 0. The highest BCUT2D eigenvalue weighted by Gasteiger charge is 2.53. The van der Waals surface area contributed by atoms with Crippen LogP contribution in [-0.4, -0.2) is 0 Å². The first-order valence-electron chi connectivity index (χ1n) is 16.9. The van der Waals surface area contributed by atoms with Crippen LogP contribution in [0.15, 0.2) is 143 Å². The molecule has 2 nitrogen and oxygen atoms in total. The van der Waals surface area contributed by atoms with Gasteiger partial charge in [0.1, 0.15) is 11.3 Å². The topological polar surface area (TPSA) is 22.4 Å². The standard InChI is InChI=1S/C46H34O2/c1-5-29-32-21-19-27(25-39(32)46(35(29)6-2)36-16-10-7-13-30(36)31-14-8-11-17-37(31)46)28-20-24-42-40(26-28)45(3,4)38-23-22-34-33-15-9-12-18-41(33)47-43(34)44(38)48-42/h5-26H,1-4H3/b29-5?,35-6+. The van der Waals surface area contributed by atoms with Crippen LogP contribution in [0.4, 0.5) is 0 Å². The minimum absolute atomic E-state index is 0.288. The maximum absolute atomic E-state index is 6.72. The second-order valence-electron chi connectivity index (χ2n) is 13.9. The third kappa shape index (κ3) is 3.27. The normalized spacial score (nSPS) is 17.8. The van der Waals surface area contributed by atoms with Gasteiger partial charge in [0.2, 0.25) is 0 Å². The quantitative estimate of drug-likeness (QED) is 0.183. The van der Waals surface area contributed by atoms with Gasteiger partial charge in [-0.3, -0.25) is 0 Å². The lowest BCUT2D eigenvalue weighted by Gasteiger charge is -2.35. The monoisotopic (exact) mass is 618 g/mol. The molecule has 10 rings (SSSR count). The Morgan fingerprint density at radius 1 is 0.542 bits per heavy atom. The average molecular weight is 619 g/mol. The van der Waals surface area contributed by atoms with Crippen LogP contribution in [0, 0.1) is 0 Å². The van der Waals surface area contributed by atoms with E-state index in [1.54, 1.807) is 0 Å². The van der Waals surface area contributed by atoms with Crippen LogP contribution < -0.4 is 4.74 Å². The molecule has 1 aromatic heterocycles. The molecule has 0 radical (unpaired) electrons. The van der Waals surface area contributed by atoms with Gasteiger partial charge in [-0.25, -0.2) is 0 Å². The number of ether oxygens (including phenoxy) is 1. The van der Waals surface area contributed by atoms with Crippen molar-refractivity contribution in [2.45, 2.75) is 38.5 Å². The molecule has 0 amide bonds. The van der Waals surface area contributed by atoms with Gasteiger partial charge >= 0.3 is 0 Å². The van der Waals surface area contributed by atoms with Crippen molar-refractivity contribution in [3.8, 4) is 33.8 Å². The molecule has 2 heteroatoms. The van der Waals surface area contributed by atoms with Crippen LogP contribution in [-0.2, 0) is 10.8 Å². The second kappa shape index (κ2) is 9.49. The zero-order chi connectivity index (χ0) is 32.4. The van der Waals surface area contributed by atoms with Crippen LogP contribution in [0.5, 0.6) is 11.5 Å². The Bertz CT molecular complexity index is 2540. The molecule has 48 heavy (non-hydrogen) atoms. The molecule has 0 N–H and O–H groups in total. The molecule has 0 saturated carbocycles. The van der Waals surface area contributed by atoms with Crippen LogP contribution in [0.1, 0.15) is 61.1 Å². The minimum Gasteiger partial charge on any atom is -0.453 e. The van der Waals surface area contributed by atoms with Crippen molar-refractivity contribution in [2.24, 2.45) is 0 Å². The summed E-state index contributed by atoms with van der Waals surface area (Å²) in [6.45, 7) is 8.96. The molecule has 3 aliphatic rings. The van der Waals surface area contributed by atoms with E-state index in [9.17, 15) is 0 Å². The zero-order valence-corrected chi connectivity index (χ0v) is 27.5. The van der Waals surface area contributed by atoms with E-state index in [1.165, 1.54) is 61.2 Å². The average Bonchev–Trinajstić information content (AvgIpc) is 3.75. The molecule has 0 saturated heterocycles. The number of para-hydroxylation sites is 1. The van der Waals surface area contributed by atoms with Crippen molar-refractivity contribution in [1.82, 2.24) is 0 Å². The minimum atomic E-state index is -0.359. The first-order chi connectivity index (χ1) is 23.5.